The molecule has 0 fully saturated rings. The molecule has 0 aromatic carbocycles. The summed E-state index contributed by atoms with van der Waals surface area (Å²) in [5.41, 5.74) is 8.12. The number of nitrogen functional groups attached to an aromatic ring is 1. The third kappa shape index (κ3) is 2.13. The SMILES string of the molecule is Nc1ncnc2c1nc(-c1ccccn1)n2-c1ccc(=O)[nH]c1. The van der Waals surface area contributed by atoms with E-state index in [0.29, 0.717) is 28.4 Å². The Morgan fingerprint density at radius 3 is 2.74 bits per heavy atom. The lowest BCUT2D eigenvalue weighted by atomic mass is 10.3. The van der Waals surface area contributed by atoms with E-state index in [0.717, 1.165) is 0 Å². The van der Waals surface area contributed by atoms with Crippen LogP contribution in [-0.2, 0) is 0 Å². The minimum absolute atomic E-state index is 0.188. The number of aromatic amines is 1. The lowest BCUT2D eigenvalue weighted by Crippen LogP contribution is -2.06. The molecule has 0 aliphatic heterocycles. The highest BCUT2D eigenvalue weighted by atomic mass is 16.1. The van der Waals surface area contributed by atoms with Crippen LogP contribution >= 0.6 is 0 Å². The van der Waals surface area contributed by atoms with Crippen molar-refractivity contribution in [3.05, 3.63) is 59.4 Å². The molecule has 0 radical (unpaired) electrons. The number of anilines is 1. The van der Waals surface area contributed by atoms with Crippen LogP contribution in [0.3, 0.4) is 0 Å². The Morgan fingerprint density at radius 1 is 1.09 bits per heavy atom. The number of rotatable bonds is 2. The molecule has 0 atom stereocenters. The maximum absolute atomic E-state index is 11.3. The first-order chi connectivity index (χ1) is 11.2. The Hall–Kier alpha value is -3.55. The average Bonchev–Trinajstić information content (AvgIpc) is 2.97. The molecule has 4 heterocycles. The van der Waals surface area contributed by atoms with Gasteiger partial charge in [0.25, 0.3) is 0 Å². The van der Waals surface area contributed by atoms with Gasteiger partial charge in [0.15, 0.2) is 22.8 Å². The molecule has 0 amide bonds. The fourth-order valence-electron chi connectivity index (χ4n) is 2.36. The van der Waals surface area contributed by atoms with Crippen LogP contribution in [0.25, 0.3) is 28.4 Å². The molecule has 3 N–H and O–H groups in total. The number of imidazole rings is 1. The van der Waals surface area contributed by atoms with Gasteiger partial charge in [-0.3, -0.25) is 14.3 Å². The average molecular weight is 305 g/mol. The Labute approximate surface area is 129 Å². The number of H-pyrrole nitrogens is 1. The van der Waals surface area contributed by atoms with Crippen molar-refractivity contribution in [1.82, 2.24) is 29.5 Å². The molecule has 0 unspecified atom stereocenters. The van der Waals surface area contributed by atoms with E-state index < -0.39 is 0 Å². The highest BCUT2D eigenvalue weighted by Gasteiger charge is 2.18. The van der Waals surface area contributed by atoms with Gasteiger partial charge in [0.05, 0.1) is 5.69 Å². The van der Waals surface area contributed by atoms with Crippen LogP contribution in [0.2, 0.25) is 0 Å². The lowest BCUT2D eigenvalue weighted by molar-refractivity contribution is 1.03. The molecule has 0 bridgehead atoms. The zero-order valence-electron chi connectivity index (χ0n) is 11.8. The van der Waals surface area contributed by atoms with Gasteiger partial charge in [-0.25, -0.2) is 15.0 Å². The van der Waals surface area contributed by atoms with Gasteiger partial charge in [-0.1, -0.05) is 6.07 Å². The van der Waals surface area contributed by atoms with Crippen LogP contribution in [0, 0.1) is 0 Å². The molecular formula is C15H11N7O. The van der Waals surface area contributed by atoms with Crippen LogP contribution in [0.4, 0.5) is 5.82 Å². The topological polar surface area (TPSA) is 115 Å². The summed E-state index contributed by atoms with van der Waals surface area (Å²) in [4.78, 5) is 31.1. The minimum Gasteiger partial charge on any atom is -0.382 e. The Bertz CT molecular complexity index is 1030. The molecule has 0 saturated heterocycles. The Morgan fingerprint density at radius 2 is 2.00 bits per heavy atom. The van der Waals surface area contributed by atoms with Crippen molar-refractivity contribution < 1.29 is 0 Å². The van der Waals surface area contributed by atoms with E-state index in [1.807, 2.05) is 18.2 Å². The third-order valence-electron chi connectivity index (χ3n) is 3.39. The molecular weight excluding hydrogens is 294 g/mol. The van der Waals surface area contributed by atoms with Crippen molar-refractivity contribution in [2.45, 2.75) is 0 Å². The van der Waals surface area contributed by atoms with E-state index in [1.54, 1.807) is 23.0 Å². The van der Waals surface area contributed by atoms with Crippen molar-refractivity contribution >= 4 is 17.0 Å². The van der Waals surface area contributed by atoms with Crippen LogP contribution < -0.4 is 11.3 Å². The molecule has 8 heteroatoms. The fourth-order valence-corrected chi connectivity index (χ4v) is 2.36. The number of fused-ring (bicyclic) bond motifs is 1. The quantitative estimate of drug-likeness (QED) is 0.574. The van der Waals surface area contributed by atoms with E-state index in [2.05, 4.69) is 24.9 Å². The first-order valence-electron chi connectivity index (χ1n) is 6.83. The predicted molar refractivity (Wildman–Crippen MR) is 84.9 cm³/mol. The van der Waals surface area contributed by atoms with E-state index in [9.17, 15) is 4.79 Å². The number of nitrogens with one attached hydrogen (secondary N) is 1. The van der Waals surface area contributed by atoms with E-state index in [-0.39, 0.29) is 11.4 Å². The van der Waals surface area contributed by atoms with Crippen LogP contribution in [-0.4, -0.2) is 29.5 Å². The lowest BCUT2D eigenvalue weighted by Gasteiger charge is -2.07. The highest BCUT2D eigenvalue weighted by Crippen LogP contribution is 2.27. The summed E-state index contributed by atoms with van der Waals surface area (Å²) in [6.07, 6.45) is 4.65. The standard InChI is InChI=1S/C15H11N7O/c16-13-12-15(20-8-19-13)22(9-4-5-11(23)18-7-9)14(21-12)10-3-1-2-6-17-10/h1-8H,(H,18,23)(H2,16,19,20). The molecule has 0 aliphatic rings. The second-order valence-electron chi connectivity index (χ2n) is 4.83. The van der Waals surface area contributed by atoms with Gasteiger partial charge in [-0.05, 0) is 18.2 Å². The van der Waals surface area contributed by atoms with Crippen molar-refractivity contribution in [3.8, 4) is 17.2 Å². The van der Waals surface area contributed by atoms with Gasteiger partial charge in [0.2, 0.25) is 5.56 Å². The number of pyridine rings is 2. The van der Waals surface area contributed by atoms with Gasteiger partial charge >= 0.3 is 0 Å². The van der Waals surface area contributed by atoms with E-state index >= 15 is 0 Å². The van der Waals surface area contributed by atoms with Crippen LogP contribution in [0.5, 0.6) is 0 Å². The van der Waals surface area contributed by atoms with E-state index in [4.69, 9.17) is 5.73 Å². The maximum atomic E-state index is 11.3. The molecule has 0 saturated carbocycles. The van der Waals surface area contributed by atoms with Crippen LogP contribution in [0.1, 0.15) is 0 Å². The molecule has 112 valence electrons. The Balaban J connectivity index is 2.09. The first kappa shape index (κ1) is 13.1. The maximum Gasteiger partial charge on any atom is 0.248 e. The number of aromatic nitrogens is 6. The number of nitrogens with two attached hydrogens (primary N) is 1. The monoisotopic (exact) mass is 305 g/mol. The molecule has 4 rings (SSSR count). The molecule has 8 nitrogen and oxygen atoms in total. The number of hydrogen-bond donors (Lipinski definition) is 2. The van der Waals surface area contributed by atoms with Crippen molar-refractivity contribution in [2.24, 2.45) is 0 Å². The van der Waals surface area contributed by atoms with Crippen LogP contribution in [0.15, 0.2) is 53.8 Å². The highest BCUT2D eigenvalue weighted by molar-refractivity contribution is 5.86. The van der Waals surface area contributed by atoms with Gasteiger partial charge in [0.1, 0.15) is 12.0 Å². The minimum atomic E-state index is -0.188. The Kier molecular flexibility index (Phi) is 2.87. The second-order valence-corrected chi connectivity index (χ2v) is 4.83. The van der Waals surface area contributed by atoms with Gasteiger partial charge in [-0.15, -0.1) is 0 Å². The largest absolute Gasteiger partial charge is 0.382 e. The molecule has 4 aromatic rings. The van der Waals surface area contributed by atoms with Crippen molar-refractivity contribution in [1.29, 1.82) is 0 Å². The second kappa shape index (κ2) is 5.02. The normalized spacial score (nSPS) is 11.0. The number of hydrogen-bond acceptors (Lipinski definition) is 6. The summed E-state index contributed by atoms with van der Waals surface area (Å²) in [6, 6.07) is 8.66. The number of nitrogens with zero attached hydrogens (tertiary/aromatic N) is 5. The zero-order chi connectivity index (χ0) is 15.8. The first-order valence-corrected chi connectivity index (χ1v) is 6.83. The summed E-state index contributed by atoms with van der Waals surface area (Å²) in [7, 11) is 0. The smallest absolute Gasteiger partial charge is 0.248 e. The zero-order valence-corrected chi connectivity index (χ0v) is 11.8. The third-order valence-corrected chi connectivity index (χ3v) is 3.39. The van der Waals surface area contributed by atoms with Crippen molar-refractivity contribution in [3.63, 3.8) is 0 Å². The molecule has 0 aliphatic carbocycles. The molecule has 4 aromatic heterocycles. The molecule has 0 spiro atoms. The summed E-state index contributed by atoms with van der Waals surface area (Å²) in [5, 5.41) is 0. The predicted octanol–water partition coefficient (Wildman–Crippen LogP) is 1.15. The van der Waals surface area contributed by atoms with Crippen molar-refractivity contribution in [2.75, 3.05) is 5.73 Å². The summed E-state index contributed by atoms with van der Waals surface area (Å²) in [5.74, 6) is 0.857. The van der Waals surface area contributed by atoms with Gasteiger partial charge < -0.3 is 10.7 Å². The fraction of sp³-hybridized carbons (Fsp3) is 0. The van der Waals surface area contributed by atoms with Gasteiger partial charge in [-0.2, -0.15) is 0 Å². The van der Waals surface area contributed by atoms with E-state index in [1.165, 1.54) is 12.4 Å². The summed E-state index contributed by atoms with van der Waals surface area (Å²) in [6.45, 7) is 0. The van der Waals surface area contributed by atoms with Gasteiger partial charge in [0, 0.05) is 18.5 Å². The summed E-state index contributed by atoms with van der Waals surface area (Å²) < 4.78 is 1.78. The summed E-state index contributed by atoms with van der Waals surface area (Å²) >= 11 is 0. The molecule has 23 heavy (non-hydrogen) atoms.